The van der Waals surface area contributed by atoms with Crippen LogP contribution in [0.4, 0.5) is 0 Å². The fourth-order valence-electron chi connectivity index (χ4n) is 5.00. The Balaban J connectivity index is 1.40. The first-order chi connectivity index (χ1) is 17.5. The van der Waals surface area contributed by atoms with Crippen molar-refractivity contribution in [3.63, 3.8) is 0 Å². The van der Waals surface area contributed by atoms with E-state index in [1.807, 2.05) is 30.3 Å². The molecule has 8 heteroatoms. The Morgan fingerprint density at radius 1 is 1.03 bits per heavy atom. The minimum atomic E-state index is -3.20. The summed E-state index contributed by atoms with van der Waals surface area (Å²) in [6.45, 7) is 1.80. The van der Waals surface area contributed by atoms with Gasteiger partial charge in [0.05, 0.1) is 28.1 Å². The van der Waals surface area contributed by atoms with E-state index in [9.17, 15) is 13.5 Å². The number of hydrogen-bond acceptors (Lipinski definition) is 6. The molecule has 2 aliphatic rings. The fraction of sp³-hybridized carbons (Fsp3) is 0.464. The van der Waals surface area contributed by atoms with Gasteiger partial charge >= 0.3 is 0 Å². The third kappa shape index (κ3) is 5.57. The SMILES string of the molecule is COCC(O)c1ccc(-c2ccc(C(CC3CCOCC3)c3ccc(S(=O)(=O)C4CC4)cc3)[nH]2)nc1. The molecule has 1 aliphatic heterocycles. The maximum absolute atomic E-state index is 12.7. The second-order valence-corrected chi connectivity index (χ2v) is 12.2. The van der Waals surface area contributed by atoms with Crippen LogP contribution >= 0.6 is 0 Å². The van der Waals surface area contributed by atoms with Gasteiger partial charge in [0.25, 0.3) is 0 Å². The quantitative estimate of drug-likeness (QED) is 0.412. The summed E-state index contributed by atoms with van der Waals surface area (Å²) in [5.41, 5.74) is 4.61. The van der Waals surface area contributed by atoms with Crippen LogP contribution in [0.3, 0.4) is 0 Å². The molecule has 3 heterocycles. The zero-order valence-corrected chi connectivity index (χ0v) is 21.4. The van der Waals surface area contributed by atoms with Crippen molar-refractivity contribution in [2.75, 3.05) is 26.9 Å². The first-order valence-corrected chi connectivity index (χ1v) is 14.2. The Morgan fingerprint density at radius 3 is 2.39 bits per heavy atom. The lowest BCUT2D eigenvalue weighted by Gasteiger charge is -2.27. The van der Waals surface area contributed by atoms with Gasteiger partial charge in [0.15, 0.2) is 9.84 Å². The van der Waals surface area contributed by atoms with E-state index in [0.29, 0.717) is 16.4 Å². The maximum atomic E-state index is 12.7. The lowest BCUT2D eigenvalue weighted by atomic mass is 9.83. The van der Waals surface area contributed by atoms with Crippen molar-refractivity contribution in [2.45, 2.75) is 54.3 Å². The number of nitrogens with zero attached hydrogens (tertiary/aromatic N) is 1. The molecule has 0 spiro atoms. The topological polar surface area (TPSA) is 102 Å². The van der Waals surface area contributed by atoms with Crippen LogP contribution in [0.5, 0.6) is 0 Å². The number of hydrogen-bond donors (Lipinski definition) is 2. The molecule has 2 fully saturated rings. The molecule has 3 aromatic rings. The largest absolute Gasteiger partial charge is 0.386 e. The molecular formula is C28H34N2O5S. The molecule has 1 aromatic carbocycles. The first-order valence-electron chi connectivity index (χ1n) is 12.7. The van der Waals surface area contributed by atoms with Crippen molar-refractivity contribution < 1.29 is 23.0 Å². The average molecular weight is 511 g/mol. The van der Waals surface area contributed by atoms with E-state index in [4.69, 9.17) is 9.47 Å². The van der Waals surface area contributed by atoms with Crippen molar-refractivity contribution in [1.82, 2.24) is 9.97 Å². The predicted molar refractivity (Wildman–Crippen MR) is 138 cm³/mol. The van der Waals surface area contributed by atoms with E-state index < -0.39 is 15.9 Å². The molecule has 0 amide bonds. The van der Waals surface area contributed by atoms with Gasteiger partial charge in [0.2, 0.25) is 0 Å². The van der Waals surface area contributed by atoms with Crippen molar-refractivity contribution in [3.05, 3.63) is 71.5 Å². The summed E-state index contributed by atoms with van der Waals surface area (Å²) in [5.74, 6) is 0.660. The molecule has 0 radical (unpaired) electrons. The predicted octanol–water partition coefficient (Wildman–Crippen LogP) is 4.64. The van der Waals surface area contributed by atoms with Crippen LogP contribution in [-0.4, -0.2) is 55.7 Å². The Morgan fingerprint density at radius 2 is 1.75 bits per heavy atom. The van der Waals surface area contributed by atoms with Crippen molar-refractivity contribution in [3.8, 4) is 11.4 Å². The van der Waals surface area contributed by atoms with Crippen LogP contribution in [0.25, 0.3) is 11.4 Å². The summed E-state index contributed by atoms with van der Waals surface area (Å²) in [4.78, 5) is 8.53. The fourth-order valence-corrected chi connectivity index (χ4v) is 6.66. The number of pyridine rings is 1. The monoisotopic (exact) mass is 510 g/mol. The van der Waals surface area contributed by atoms with Crippen molar-refractivity contribution in [2.24, 2.45) is 5.92 Å². The van der Waals surface area contributed by atoms with Gasteiger partial charge < -0.3 is 19.6 Å². The van der Waals surface area contributed by atoms with E-state index in [0.717, 1.165) is 68.0 Å². The lowest BCUT2D eigenvalue weighted by molar-refractivity contribution is 0.0626. The van der Waals surface area contributed by atoms with Crippen LogP contribution < -0.4 is 0 Å². The third-order valence-electron chi connectivity index (χ3n) is 7.34. The van der Waals surface area contributed by atoms with Gasteiger partial charge in [-0.3, -0.25) is 4.98 Å². The molecule has 2 unspecified atom stereocenters. The number of aliphatic hydroxyl groups is 1. The van der Waals surface area contributed by atoms with E-state index in [2.05, 4.69) is 16.0 Å². The normalized spacial score (nSPS) is 18.7. The van der Waals surface area contributed by atoms with E-state index in [1.54, 1.807) is 25.4 Å². The van der Waals surface area contributed by atoms with Gasteiger partial charge in [-0.2, -0.15) is 0 Å². The summed E-state index contributed by atoms with van der Waals surface area (Å²) < 4.78 is 35.9. The molecule has 36 heavy (non-hydrogen) atoms. The standard InChI is InChI=1S/C28H34N2O5S/c1-34-18-28(31)21-4-9-26(29-17-21)27-11-10-25(30-27)24(16-19-12-14-35-15-13-19)20-2-5-22(6-3-20)36(32,33)23-7-8-23/h2-6,9-11,17,19,23-24,28,30-31H,7-8,12-16,18H2,1H3. The Labute approximate surface area is 212 Å². The molecular weight excluding hydrogens is 476 g/mol. The third-order valence-corrected chi connectivity index (χ3v) is 9.62. The highest BCUT2D eigenvalue weighted by atomic mass is 32.2. The Kier molecular flexibility index (Phi) is 7.57. The molecule has 2 aromatic heterocycles. The second-order valence-electron chi connectivity index (χ2n) is 9.93. The Bertz CT molecular complexity index is 1240. The zero-order valence-electron chi connectivity index (χ0n) is 20.6. The van der Waals surface area contributed by atoms with Gasteiger partial charge in [0.1, 0.15) is 6.10 Å². The van der Waals surface area contributed by atoms with Crippen LogP contribution in [0, 0.1) is 5.92 Å². The van der Waals surface area contributed by atoms with E-state index in [-0.39, 0.29) is 17.8 Å². The highest BCUT2D eigenvalue weighted by Gasteiger charge is 2.37. The molecule has 7 nitrogen and oxygen atoms in total. The Hall–Kier alpha value is -2.52. The van der Waals surface area contributed by atoms with E-state index >= 15 is 0 Å². The number of methoxy groups -OCH3 is 1. The van der Waals surface area contributed by atoms with Crippen LogP contribution in [0.1, 0.15) is 60.9 Å². The van der Waals surface area contributed by atoms with Gasteiger partial charge in [0, 0.05) is 43.7 Å². The molecule has 2 N–H and O–H groups in total. The van der Waals surface area contributed by atoms with Crippen molar-refractivity contribution in [1.29, 1.82) is 0 Å². The summed E-state index contributed by atoms with van der Waals surface area (Å²) in [7, 11) is -1.65. The minimum Gasteiger partial charge on any atom is -0.386 e. The maximum Gasteiger partial charge on any atom is 0.181 e. The number of aliphatic hydroxyl groups excluding tert-OH is 1. The number of H-pyrrole nitrogens is 1. The molecule has 1 saturated heterocycles. The summed E-state index contributed by atoms with van der Waals surface area (Å²) in [6, 6.07) is 15.4. The number of rotatable bonds is 10. The number of aromatic nitrogens is 2. The van der Waals surface area contributed by atoms with Crippen LogP contribution in [0.2, 0.25) is 0 Å². The molecule has 1 aliphatic carbocycles. The lowest BCUT2D eigenvalue weighted by Crippen LogP contribution is -2.19. The van der Waals surface area contributed by atoms with E-state index in [1.165, 1.54) is 0 Å². The summed E-state index contributed by atoms with van der Waals surface area (Å²) >= 11 is 0. The number of sulfone groups is 1. The number of nitrogens with one attached hydrogen (secondary N) is 1. The molecule has 192 valence electrons. The van der Waals surface area contributed by atoms with Gasteiger partial charge in [-0.25, -0.2) is 8.42 Å². The first kappa shape index (κ1) is 25.1. The molecule has 2 atom stereocenters. The van der Waals surface area contributed by atoms with Crippen molar-refractivity contribution >= 4 is 9.84 Å². The van der Waals surface area contributed by atoms with Crippen LogP contribution in [-0.2, 0) is 19.3 Å². The molecule has 1 saturated carbocycles. The zero-order chi connectivity index (χ0) is 25.1. The highest BCUT2D eigenvalue weighted by molar-refractivity contribution is 7.92. The average Bonchev–Trinajstić information content (AvgIpc) is 3.67. The number of ether oxygens (including phenoxy) is 2. The number of aromatic amines is 1. The van der Waals surface area contributed by atoms with Gasteiger partial charge in [-0.05, 0) is 73.9 Å². The molecule has 5 rings (SSSR count). The molecule has 0 bridgehead atoms. The summed E-state index contributed by atoms with van der Waals surface area (Å²) in [5, 5.41) is 9.92. The smallest absolute Gasteiger partial charge is 0.181 e. The minimum absolute atomic E-state index is 0.113. The second kappa shape index (κ2) is 10.8. The highest BCUT2D eigenvalue weighted by Crippen LogP contribution is 2.37. The van der Waals surface area contributed by atoms with Gasteiger partial charge in [-0.1, -0.05) is 18.2 Å². The summed E-state index contributed by atoms with van der Waals surface area (Å²) in [6.07, 6.45) is 5.54. The van der Waals surface area contributed by atoms with Crippen LogP contribution in [0.15, 0.2) is 59.6 Å². The number of benzene rings is 1. The van der Waals surface area contributed by atoms with Gasteiger partial charge in [-0.15, -0.1) is 0 Å².